The number of aliphatic imine (C=N–C) groups is 1. The number of carbonyl (C=O) groups excluding carboxylic acids is 1. The van der Waals surface area contributed by atoms with E-state index in [1.54, 1.807) is 0 Å². The normalized spacial score (nSPS) is 19.2. The second-order valence-corrected chi connectivity index (χ2v) is 12.2. The molecular formula is C36H36BrN3O4. The number of aliphatic hydroxyl groups excluding tert-OH is 1. The standard InChI is InChI=1S/C36H36BrN3O4/c37-32-10-5-4-9-30(32)23-36(35(42)40-38-24-25-11-12-25)33(28-15-13-27(14-16-28)26-7-2-1-3-8-26)44-34(39-36)29-17-19-31(20-18-29)43-22-6-21-41/h1-5,7-10,13-20,25,33,38,41H,6,11-12,21-24H2,(H,40,42)/t33-,36-/m0/s1. The van der Waals surface area contributed by atoms with Crippen molar-refractivity contribution in [3.63, 3.8) is 0 Å². The van der Waals surface area contributed by atoms with Gasteiger partial charge in [0.25, 0.3) is 5.91 Å². The van der Waals surface area contributed by atoms with E-state index in [0.29, 0.717) is 37.0 Å². The van der Waals surface area contributed by atoms with Gasteiger partial charge in [0.15, 0.2) is 11.6 Å². The number of halogens is 1. The van der Waals surface area contributed by atoms with Crippen molar-refractivity contribution < 1.29 is 19.4 Å². The van der Waals surface area contributed by atoms with Crippen molar-refractivity contribution in [1.29, 1.82) is 0 Å². The number of rotatable bonds is 13. The van der Waals surface area contributed by atoms with Crippen molar-refractivity contribution in [1.82, 2.24) is 10.9 Å². The summed E-state index contributed by atoms with van der Waals surface area (Å²) >= 11 is 3.70. The molecule has 0 saturated heterocycles. The summed E-state index contributed by atoms with van der Waals surface area (Å²) in [4.78, 5) is 19.4. The minimum Gasteiger partial charge on any atom is -0.494 e. The molecule has 6 rings (SSSR count). The number of nitrogens with one attached hydrogen (secondary N) is 2. The fourth-order valence-corrected chi connectivity index (χ4v) is 5.83. The molecule has 1 aliphatic heterocycles. The maximum atomic E-state index is 14.3. The number of hydrogen-bond donors (Lipinski definition) is 3. The van der Waals surface area contributed by atoms with Crippen LogP contribution in [0, 0.1) is 5.92 Å². The predicted octanol–water partition coefficient (Wildman–Crippen LogP) is 6.41. The Hall–Kier alpha value is -3.98. The molecule has 226 valence electrons. The molecule has 0 aromatic heterocycles. The Kier molecular flexibility index (Phi) is 9.40. The highest BCUT2D eigenvalue weighted by Gasteiger charge is 2.53. The van der Waals surface area contributed by atoms with Gasteiger partial charge >= 0.3 is 0 Å². The summed E-state index contributed by atoms with van der Waals surface area (Å²) in [6, 6.07) is 33.8. The molecule has 1 heterocycles. The van der Waals surface area contributed by atoms with E-state index in [1.807, 2.05) is 78.9 Å². The lowest BCUT2D eigenvalue weighted by Gasteiger charge is -2.31. The van der Waals surface area contributed by atoms with Crippen LogP contribution in [0.4, 0.5) is 0 Å². The first-order chi connectivity index (χ1) is 21.6. The van der Waals surface area contributed by atoms with Crippen LogP contribution in [0.1, 0.15) is 42.1 Å². The average Bonchev–Trinajstić information content (AvgIpc) is 3.81. The fourth-order valence-electron chi connectivity index (χ4n) is 5.40. The summed E-state index contributed by atoms with van der Waals surface area (Å²) in [5.41, 5.74) is 9.63. The molecule has 0 bridgehead atoms. The van der Waals surface area contributed by atoms with Crippen molar-refractivity contribution in [2.24, 2.45) is 10.9 Å². The van der Waals surface area contributed by atoms with Crippen molar-refractivity contribution in [3.8, 4) is 16.9 Å². The van der Waals surface area contributed by atoms with Gasteiger partial charge in [-0.05, 0) is 71.3 Å². The zero-order chi connectivity index (χ0) is 30.4. The number of carbonyl (C=O) groups is 1. The van der Waals surface area contributed by atoms with Crippen LogP contribution in [-0.4, -0.2) is 42.2 Å². The van der Waals surface area contributed by atoms with Gasteiger partial charge in [-0.1, -0.05) is 88.7 Å². The number of hydrazine groups is 1. The minimum atomic E-state index is -1.29. The van der Waals surface area contributed by atoms with Gasteiger partial charge in [-0.15, -0.1) is 0 Å². The van der Waals surface area contributed by atoms with Crippen LogP contribution in [-0.2, 0) is 16.0 Å². The van der Waals surface area contributed by atoms with Crippen molar-refractivity contribution in [2.75, 3.05) is 19.8 Å². The summed E-state index contributed by atoms with van der Waals surface area (Å²) < 4.78 is 13.3. The molecule has 3 N–H and O–H groups in total. The number of aliphatic hydroxyl groups is 1. The summed E-state index contributed by atoms with van der Waals surface area (Å²) in [5, 5.41) is 9.07. The molecule has 7 nitrogen and oxygen atoms in total. The maximum absolute atomic E-state index is 14.3. The van der Waals surface area contributed by atoms with Gasteiger partial charge in [-0.25, -0.2) is 10.4 Å². The maximum Gasteiger partial charge on any atom is 0.266 e. The fraction of sp³-hybridized carbons (Fsp3) is 0.278. The first-order valence-electron chi connectivity index (χ1n) is 15.1. The van der Waals surface area contributed by atoms with E-state index in [4.69, 9.17) is 19.6 Å². The van der Waals surface area contributed by atoms with E-state index in [-0.39, 0.29) is 12.5 Å². The molecule has 4 aromatic carbocycles. The molecule has 1 saturated carbocycles. The average molecular weight is 655 g/mol. The quantitative estimate of drug-likeness (QED) is 0.115. The van der Waals surface area contributed by atoms with Crippen LogP contribution >= 0.6 is 15.9 Å². The van der Waals surface area contributed by atoms with Gasteiger partial charge in [0.05, 0.1) is 6.61 Å². The van der Waals surface area contributed by atoms with E-state index in [1.165, 1.54) is 12.8 Å². The lowest BCUT2D eigenvalue weighted by Crippen LogP contribution is -2.54. The monoisotopic (exact) mass is 653 g/mol. The lowest BCUT2D eigenvalue weighted by molar-refractivity contribution is -0.130. The first kappa shape index (κ1) is 30.1. The Morgan fingerprint density at radius 1 is 0.909 bits per heavy atom. The first-order valence-corrected chi connectivity index (χ1v) is 15.9. The second-order valence-electron chi connectivity index (χ2n) is 11.3. The third kappa shape index (κ3) is 6.88. The van der Waals surface area contributed by atoms with Crippen molar-refractivity contribution in [2.45, 2.75) is 37.3 Å². The van der Waals surface area contributed by atoms with E-state index in [2.05, 4.69) is 51.0 Å². The molecular weight excluding hydrogens is 618 g/mol. The van der Waals surface area contributed by atoms with Crippen molar-refractivity contribution in [3.05, 3.63) is 124 Å². The van der Waals surface area contributed by atoms with Crippen molar-refractivity contribution >= 4 is 27.7 Å². The molecule has 1 amide bonds. The number of ether oxygens (including phenoxy) is 2. The van der Waals surface area contributed by atoms with E-state index in [9.17, 15) is 4.79 Å². The summed E-state index contributed by atoms with van der Waals surface area (Å²) in [6.45, 7) is 1.23. The van der Waals surface area contributed by atoms with Gasteiger partial charge in [0, 0.05) is 36.0 Å². The zero-order valence-corrected chi connectivity index (χ0v) is 26.0. The highest BCUT2D eigenvalue weighted by molar-refractivity contribution is 9.10. The highest BCUT2D eigenvalue weighted by Crippen LogP contribution is 2.43. The molecule has 2 atom stereocenters. The largest absolute Gasteiger partial charge is 0.494 e. The van der Waals surface area contributed by atoms with Crippen LogP contribution in [0.5, 0.6) is 5.75 Å². The number of hydrogen-bond acceptors (Lipinski definition) is 6. The van der Waals surface area contributed by atoms with Gasteiger partial charge < -0.3 is 14.6 Å². The lowest BCUT2D eigenvalue weighted by atomic mass is 9.82. The molecule has 44 heavy (non-hydrogen) atoms. The van der Waals surface area contributed by atoms with E-state index < -0.39 is 11.6 Å². The third-order valence-corrected chi connectivity index (χ3v) is 8.83. The SMILES string of the molecule is O=C(NNCC1CC1)[C@@]1(Cc2ccccc2Br)N=C(c2ccc(OCCCO)cc2)O[C@H]1c1ccc(-c2ccccc2)cc1. The molecule has 8 heteroatoms. The van der Waals surface area contributed by atoms with Crippen LogP contribution < -0.4 is 15.6 Å². The molecule has 1 aliphatic carbocycles. The van der Waals surface area contributed by atoms with Crippen LogP contribution in [0.15, 0.2) is 113 Å². The smallest absolute Gasteiger partial charge is 0.266 e. The van der Waals surface area contributed by atoms with Gasteiger partial charge in [0.2, 0.25) is 5.90 Å². The summed E-state index contributed by atoms with van der Waals surface area (Å²) in [6.07, 6.45) is 2.54. The van der Waals surface area contributed by atoms with Gasteiger partial charge in [-0.2, -0.15) is 0 Å². The Labute approximate surface area is 266 Å². The van der Waals surface area contributed by atoms with Gasteiger partial charge in [0.1, 0.15) is 5.75 Å². The Morgan fingerprint density at radius 2 is 1.59 bits per heavy atom. The number of amides is 1. The Balaban J connectivity index is 1.38. The topological polar surface area (TPSA) is 92.2 Å². The van der Waals surface area contributed by atoms with Crippen LogP contribution in [0.25, 0.3) is 11.1 Å². The minimum absolute atomic E-state index is 0.0770. The van der Waals surface area contributed by atoms with Crippen LogP contribution in [0.3, 0.4) is 0 Å². The second kappa shape index (κ2) is 13.8. The zero-order valence-electron chi connectivity index (χ0n) is 24.4. The predicted molar refractivity (Wildman–Crippen MR) is 175 cm³/mol. The molecule has 2 aliphatic rings. The highest BCUT2D eigenvalue weighted by atomic mass is 79.9. The Morgan fingerprint density at radius 3 is 2.30 bits per heavy atom. The summed E-state index contributed by atoms with van der Waals surface area (Å²) in [5.74, 6) is 1.43. The molecule has 0 radical (unpaired) electrons. The molecule has 0 spiro atoms. The molecule has 4 aromatic rings. The molecule has 1 fully saturated rings. The Bertz CT molecular complexity index is 1590. The van der Waals surface area contributed by atoms with Gasteiger partial charge in [-0.3, -0.25) is 10.2 Å². The number of nitrogens with zero attached hydrogens (tertiary/aromatic N) is 1. The van der Waals surface area contributed by atoms with E-state index in [0.717, 1.165) is 38.8 Å². The molecule has 0 unspecified atom stereocenters. The van der Waals surface area contributed by atoms with Crippen LogP contribution in [0.2, 0.25) is 0 Å². The van der Waals surface area contributed by atoms with E-state index >= 15 is 0 Å². The third-order valence-electron chi connectivity index (χ3n) is 8.06. The summed E-state index contributed by atoms with van der Waals surface area (Å²) in [7, 11) is 0. The number of benzene rings is 4.